The summed E-state index contributed by atoms with van der Waals surface area (Å²) >= 11 is 1.91. The number of anilines is 2. The lowest BCUT2D eigenvalue weighted by molar-refractivity contribution is 0.842. The molecule has 0 bridgehead atoms. The van der Waals surface area contributed by atoms with Crippen LogP contribution < -0.4 is 10.6 Å². The molecule has 1 fully saturated rings. The molecule has 0 amide bonds. The van der Waals surface area contributed by atoms with Gasteiger partial charge in [0.05, 0.1) is 0 Å². The van der Waals surface area contributed by atoms with Crippen LogP contribution in [0.5, 0.6) is 0 Å². The summed E-state index contributed by atoms with van der Waals surface area (Å²) in [5.74, 6) is 3.52. The van der Waals surface area contributed by atoms with E-state index in [1.807, 2.05) is 17.8 Å². The average Bonchev–Trinajstić information content (AvgIpc) is 3.29. The summed E-state index contributed by atoms with van der Waals surface area (Å²) in [6, 6.07) is 2.03. The summed E-state index contributed by atoms with van der Waals surface area (Å²) in [6.07, 6.45) is 6.89. The van der Waals surface area contributed by atoms with Crippen molar-refractivity contribution in [1.82, 2.24) is 9.97 Å². The number of hydrogen-bond donors (Lipinski definition) is 2. The van der Waals surface area contributed by atoms with Gasteiger partial charge in [-0.15, -0.1) is 0 Å². The van der Waals surface area contributed by atoms with Crippen molar-refractivity contribution in [1.29, 1.82) is 0 Å². The fourth-order valence-electron chi connectivity index (χ4n) is 1.95. The van der Waals surface area contributed by atoms with Gasteiger partial charge in [0.25, 0.3) is 0 Å². The van der Waals surface area contributed by atoms with Crippen LogP contribution in [0.3, 0.4) is 0 Å². The standard InChI is InChI=1S/C15H26N4S/c1-4-8-16-13-10-14(17-9-7-11(2)20-3)19-15(18-13)12-5-6-12/h10-12H,4-9H2,1-3H3,(H2,16,17,18,19). The summed E-state index contributed by atoms with van der Waals surface area (Å²) < 4.78 is 0. The van der Waals surface area contributed by atoms with Gasteiger partial charge in [-0.05, 0) is 31.9 Å². The summed E-state index contributed by atoms with van der Waals surface area (Å²) in [5.41, 5.74) is 0. The molecule has 4 nitrogen and oxygen atoms in total. The van der Waals surface area contributed by atoms with Gasteiger partial charge in [0.2, 0.25) is 0 Å². The molecule has 1 unspecified atom stereocenters. The molecule has 0 aliphatic heterocycles. The molecule has 1 aromatic heterocycles. The first-order chi connectivity index (χ1) is 9.72. The molecule has 1 aliphatic rings. The quantitative estimate of drug-likeness (QED) is 0.727. The van der Waals surface area contributed by atoms with Gasteiger partial charge in [-0.3, -0.25) is 0 Å². The van der Waals surface area contributed by atoms with Gasteiger partial charge >= 0.3 is 0 Å². The molecule has 20 heavy (non-hydrogen) atoms. The maximum Gasteiger partial charge on any atom is 0.136 e. The molecule has 1 aliphatic carbocycles. The lowest BCUT2D eigenvalue weighted by atomic mass is 10.3. The highest BCUT2D eigenvalue weighted by molar-refractivity contribution is 7.99. The number of hydrogen-bond acceptors (Lipinski definition) is 5. The van der Waals surface area contributed by atoms with Gasteiger partial charge in [-0.1, -0.05) is 13.8 Å². The number of thioether (sulfide) groups is 1. The first kappa shape index (κ1) is 15.4. The van der Waals surface area contributed by atoms with Crippen LogP contribution in [0, 0.1) is 0 Å². The van der Waals surface area contributed by atoms with Gasteiger partial charge in [0, 0.05) is 30.3 Å². The Labute approximate surface area is 126 Å². The van der Waals surface area contributed by atoms with Crippen molar-refractivity contribution in [3.8, 4) is 0 Å². The average molecular weight is 294 g/mol. The Hall–Kier alpha value is -0.970. The van der Waals surface area contributed by atoms with E-state index >= 15 is 0 Å². The summed E-state index contributed by atoms with van der Waals surface area (Å²) in [4.78, 5) is 9.28. The molecule has 5 heteroatoms. The molecular weight excluding hydrogens is 268 g/mol. The van der Waals surface area contributed by atoms with Crippen LogP contribution in [0.4, 0.5) is 11.6 Å². The Morgan fingerprint density at radius 2 is 1.90 bits per heavy atom. The Morgan fingerprint density at radius 3 is 2.45 bits per heavy atom. The zero-order valence-corrected chi connectivity index (χ0v) is 13.6. The van der Waals surface area contributed by atoms with Crippen LogP contribution in [0.1, 0.15) is 51.3 Å². The second kappa shape index (κ2) is 7.72. The molecule has 0 spiro atoms. The topological polar surface area (TPSA) is 49.8 Å². The number of nitrogens with zero attached hydrogens (tertiary/aromatic N) is 2. The van der Waals surface area contributed by atoms with Crippen molar-refractivity contribution >= 4 is 23.4 Å². The molecule has 1 heterocycles. The van der Waals surface area contributed by atoms with Crippen LogP contribution in [0.2, 0.25) is 0 Å². The van der Waals surface area contributed by atoms with Gasteiger partial charge in [0.1, 0.15) is 17.5 Å². The maximum absolute atomic E-state index is 4.66. The normalized spacial score (nSPS) is 15.9. The van der Waals surface area contributed by atoms with Crippen LogP contribution in [0.25, 0.3) is 0 Å². The fraction of sp³-hybridized carbons (Fsp3) is 0.733. The van der Waals surface area contributed by atoms with Crippen molar-refractivity contribution in [2.75, 3.05) is 30.0 Å². The molecule has 1 atom stereocenters. The Kier molecular flexibility index (Phi) is 5.95. The van der Waals surface area contributed by atoms with Crippen LogP contribution in [0.15, 0.2) is 6.07 Å². The summed E-state index contributed by atoms with van der Waals surface area (Å²) in [6.45, 7) is 6.36. The summed E-state index contributed by atoms with van der Waals surface area (Å²) in [7, 11) is 0. The lowest BCUT2D eigenvalue weighted by Crippen LogP contribution is -2.11. The van der Waals surface area contributed by atoms with Gasteiger partial charge in [-0.25, -0.2) is 9.97 Å². The highest BCUT2D eigenvalue weighted by Crippen LogP contribution is 2.38. The molecule has 0 aromatic carbocycles. The first-order valence-electron chi connectivity index (χ1n) is 7.62. The van der Waals surface area contributed by atoms with E-state index in [0.717, 1.165) is 43.4 Å². The van der Waals surface area contributed by atoms with E-state index in [1.165, 1.54) is 12.8 Å². The van der Waals surface area contributed by atoms with Crippen LogP contribution in [-0.4, -0.2) is 34.6 Å². The third-order valence-corrected chi connectivity index (χ3v) is 4.54. The van der Waals surface area contributed by atoms with E-state index < -0.39 is 0 Å². The lowest BCUT2D eigenvalue weighted by Gasteiger charge is -2.12. The highest BCUT2D eigenvalue weighted by atomic mass is 32.2. The van der Waals surface area contributed by atoms with E-state index in [-0.39, 0.29) is 0 Å². The zero-order chi connectivity index (χ0) is 14.4. The summed E-state index contributed by atoms with van der Waals surface area (Å²) in [5, 5.41) is 7.50. The molecule has 0 saturated heterocycles. The first-order valence-corrected chi connectivity index (χ1v) is 8.91. The van der Waals surface area contributed by atoms with Crippen LogP contribution >= 0.6 is 11.8 Å². The van der Waals surface area contributed by atoms with Crippen molar-refractivity contribution in [3.05, 3.63) is 11.9 Å². The molecule has 112 valence electrons. The molecule has 2 rings (SSSR count). The predicted octanol–water partition coefficient (Wildman–Crippen LogP) is 3.73. The van der Waals surface area contributed by atoms with E-state index in [9.17, 15) is 0 Å². The van der Waals surface area contributed by atoms with Gasteiger partial charge < -0.3 is 10.6 Å². The van der Waals surface area contributed by atoms with Crippen LogP contribution in [-0.2, 0) is 0 Å². The molecule has 1 saturated carbocycles. The van der Waals surface area contributed by atoms with Crippen molar-refractivity contribution < 1.29 is 0 Å². The largest absolute Gasteiger partial charge is 0.370 e. The Morgan fingerprint density at radius 1 is 1.25 bits per heavy atom. The number of nitrogens with one attached hydrogen (secondary N) is 2. The van der Waals surface area contributed by atoms with Gasteiger partial charge in [0.15, 0.2) is 0 Å². The van der Waals surface area contributed by atoms with Gasteiger partial charge in [-0.2, -0.15) is 11.8 Å². The smallest absolute Gasteiger partial charge is 0.136 e. The molecular formula is C15H26N4S. The number of rotatable bonds is 9. The fourth-order valence-corrected chi connectivity index (χ4v) is 2.30. The highest BCUT2D eigenvalue weighted by Gasteiger charge is 2.27. The predicted molar refractivity (Wildman–Crippen MR) is 88.9 cm³/mol. The minimum absolute atomic E-state index is 0.587. The van der Waals surface area contributed by atoms with E-state index in [0.29, 0.717) is 11.2 Å². The second-order valence-corrected chi connectivity index (χ2v) is 6.74. The van der Waals surface area contributed by atoms with E-state index in [4.69, 9.17) is 0 Å². The van der Waals surface area contributed by atoms with E-state index in [1.54, 1.807) is 0 Å². The minimum atomic E-state index is 0.587. The third kappa shape index (κ3) is 4.85. The van der Waals surface area contributed by atoms with Crippen molar-refractivity contribution in [2.24, 2.45) is 0 Å². The molecule has 0 radical (unpaired) electrons. The third-order valence-electron chi connectivity index (χ3n) is 3.50. The molecule has 1 aromatic rings. The number of aromatic nitrogens is 2. The van der Waals surface area contributed by atoms with Crippen molar-refractivity contribution in [3.63, 3.8) is 0 Å². The Bertz CT molecular complexity index is 420. The monoisotopic (exact) mass is 294 g/mol. The van der Waals surface area contributed by atoms with E-state index in [2.05, 4.69) is 40.7 Å². The second-order valence-electron chi connectivity index (χ2n) is 5.46. The SMILES string of the molecule is CCCNc1cc(NCCC(C)SC)nc(C2CC2)n1. The maximum atomic E-state index is 4.66. The Balaban J connectivity index is 1.96. The molecule has 2 N–H and O–H groups in total. The van der Waals surface area contributed by atoms with Crippen molar-refractivity contribution in [2.45, 2.75) is 50.7 Å². The zero-order valence-electron chi connectivity index (χ0n) is 12.8. The minimum Gasteiger partial charge on any atom is -0.370 e.